The molecule has 2 rings (SSSR count). The number of carbonyl (C=O) groups excluding carboxylic acids is 1. The average Bonchev–Trinajstić information content (AvgIpc) is 2.88. The van der Waals surface area contributed by atoms with Crippen LogP contribution < -0.4 is 11.1 Å². The number of methoxy groups -OCH3 is 1. The van der Waals surface area contributed by atoms with Gasteiger partial charge in [0.05, 0.1) is 6.10 Å². The molecule has 0 spiro atoms. The van der Waals surface area contributed by atoms with Gasteiger partial charge in [-0.3, -0.25) is 4.79 Å². The molecule has 3 N–H and O–H groups in total. The Morgan fingerprint density at radius 1 is 1.45 bits per heavy atom. The molecule has 1 aromatic rings. The van der Waals surface area contributed by atoms with Crippen LogP contribution in [0.25, 0.3) is 0 Å². The van der Waals surface area contributed by atoms with E-state index in [4.69, 9.17) is 10.5 Å². The van der Waals surface area contributed by atoms with Gasteiger partial charge in [-0.2, -0.15) is 0 Å². The van der Waals surface area contributed by atoms with E-state index in [9.17, 15) is 9.18 Å². The number of ether oxygens (including phenoxy) is 1. The molecular formula is C15H21FN2O2. The number of hydrogen-bond donors (Lipinski definition) is 2. The molecule has 0 aromatic heterocycles. The summed E-state index contributed by atoms with van der Waals surface area (Å²) in [6, 6.07) is 6.25. The van der Waals surface area contributed by atoms with Crippen LogP contribution in [-0.4, -0.2) is 25.6 Å². The van der Waals surface area contributed by atoms with Crippen LogP contribution in [0, 0.1) is 11.7 Å². The van der Waals surface area contributed by atoms with Gasteiger partial charge in [-0.25, -0.2) is 4.39 Å². The molecule has 110 valence electrons. The topological polar surface area (TPSA) is 64.3 Å². The first-order valence-corrected chi connectivity index (χ1v) is 6.91. The van der Waals surface area contributed by atoms with Crippen LogP contribution in [0.15, 0.2) is 24.3 Å². The summed E-state index contributed by atoms with van der Waals surface area (Å²) in [7, 11) is 1.58. The van der Waals surface area contributed by atoms with Crippen LogP contribution in [0.3, 0.4) is 0 Å². The molecule has 0 radical (unpaired) electrons. The number of hydrogen-bond acceptors (Lipinski definition) is 3. The predicted octanol–water partition coefficient (Wildman–Crippen LogP) is 1.76. The van der Waals surface area contributed by atoms with Crippen LogP contribution in [0.5, 0.6) is 0 Å². The molecule has 5 heteroatoms. The summed E-state index contributed by atoms with van der Waals surface area (Å²) in [5, 5.41) is 2.90. The Labute approximate surface area is 118 Å². The summed E-state index contributed by atoms with van der Waals surface area (Å²) < 4.78 is 18.2. The monoisotopic (exact) mass is 280 g/mol. The lowest BCUT2D eigenvalue weighted by molar-refractivity contribution is -0.125. The van der Waals surface area contributed by atoms with Gasteiger partial charge in [0.1, 0.15) is 5.82 Å². The number of nitrogens with one attached hydrogen (secondary N) is 1. The molecule has 1 amide bonds. The lowest BCUT2D eigenvalue weighted by Crippen LogP contribution is -2.34. The number of halogens is 1. The van der Waals surface area contributed by atoms with Gasteiger partial charge < -0.3 is 15.8 Å². The standard InChI is InChI=1S/C15H21FN2O2/c1-20-14(10-2-5-12(16)6-3-10)9-18-15(19)11-4-7-13(17)8-11/h2-3,5-6,11,13-14H,4,7-9,17H2,1H3,(H,18,19). The third-order valence-electron chi connectivity index (χ3n) is 3.83. The largest absolute Gasteiger partial charge is 0.375 e. The van der Waals surface area contributed by atoms with Crippen molar-refractivity contribution in [3.05, 3.63) is 35.6 Å². The summed E-state index contributed by atoms with van der Waals surface area (Å²) in [4.78, 5) is 12.0. The normalized spacial score (nSPS) is 23.6. The Hall–Kier alpha value is -1.46. The number of nitrogens with two attached hydrogens (primary N) is 1. The second-order valence-corrected chi connectivity index (χ2v) is 5.29. The third kappa shape index (κ3) is 3.77. The maximum absolute atomic E-state index is 12.9. The van der Waals surface area contributed by atoms with Crippen molar-refractivity contribution >= 4 is 5.91 Å². The van der Waals surface area contributed by atoms with E-state index in [1.54, 1.807) is 19.2 Å². The lowest BCUT2D eigenvalue weighted by atomic mass is 10.1. The molecule has 0 aliphatic heterocycles. The van der Waals surface area contributed by atoms with E-state index in [0.29, 0.717) is 6.54 Å². The number of carbonyl (C=O) groups is 1. The molecule has 0 heterocycles. The van der Waals surface area contributed by atoms with Crippen molar-refractivity contribution in [3.63, 3.8) is 0 Å². The van der Waals surface area contributed by atoms with Gasteiger partial charge in [0.25, 0.3) is 0 Å². The van der Waals surface area contributed by atoms with Crippen molar-refractivity contribution in [3.8, 4) is 0 Å². The van der Waals surface area contributed by atoms with E-state index in [1.165, 1.54) is 12.1 Å². The fraction of sp³-hybridized carbons (Fsp3) is 0.533. The maximum atomic E-state index is 12.9. The molecule has 3 atom stereocenters. The molecule has 1 aliphatic carbocycles. The van der Waals surface area contributed by atoms with Gasteiger partial charge in [-0.05, 0) is 37.0 Å². The molecule has 20 heavy (non-hydrogen) atoms. The van der Waals surface area contributed by atoms with Gasteiger partial charge in [-0.15, -0.1) is 0 Å². The Bertz CT molecular complexity index is 450. The molecule has 1 fully saturated rings. The van der Waals surface area contributed by atoms with Crippen molar-refractivity contribution < 1.29 is 13.9 Å². The summed E-state index contributed by atoms with van der Waals surface area (Å²) in [6.07, 6.45) is 2.24. The van der Waals surface area contributed by atoms with Crippen LogP contribution in [0.2, 0.25) is 0 Å². The zero-order chi connectivity index (χ0) is 14.5. The predicted molar refractivity (Wildman–Crippen MR) is 74.5 cm³/mol. The first kappa shape index (κ1) is 14.9. The van der Waals surface area contributed by atoms with E-state index < -0.39 is 0 Å². The van der Waals surface area contributed by atoms with Gasteiger partial charge in [0.15, 0.2) is 0 Å². The Morgan fingerprint density at radius 3 is 2.70 bits per heavy atom. The van der Waals surface area contributed by atoms with E-state index in [-0.39, 0.29) is 29.8 Å². The molecule has 1 aromatic carbocycles. The second kappa shape index (κ2) is 6.81. The highest BCUT2D eigenvalue weighted by Crippen LogP contribution is 2.24. The van der Waals surface area contributed by atoms with E-state index >= 15 is 0 Å². The number of benzene rings is 1. The lowest BCUT2D eigenvalue weighted by Gasteiger charge is -2.18. The smallest absolute Gasteiger partial charge is 0.223 e. The fourth-order valence-electron chi connectivity index (χ4n) is 2.61. The molecule has 0 saturated heterocycles. The Kier molecular flexibility index (Phi) is 5.09. The highest BCUT2D eigenvalue weighted by atomic mass is 19.1. The van der Waals surface area contributed by atoms with Crippen molar-refractivity contribution in [2.75, 3.05) is 13.7 Å². The fourth-order valence-corrected chi connectivity index (χ4v) is 2.61. The van der Waals surface area contributed by atoms with Crippen LogP contribution >= 0.6 is 0 Å². The number of amides is 1. The summed E-state index contributed by atoms with van der Waals surface area (Å²) in [5.74, 6) is -0.245. The minimum Gasteiger partial charge on any atom is -0.375 e. The summed E-state index contributed by atoms with van der Waals surface area (Å²) in [6.45, 7) is 0.382. The van der Waals surface area contributed by atoms with Crippen LogP contribution in [-0.2, 0) is 9.53 Å². The van der Waals surface area contributed by atoms with Crippen molar-refractivity contribution in [2.45, 2.75) is 31.4 Å². The van der Waals surface area contributed by atoms with Crippen molar-refractivity contribution in [2.24, 2.45) is 11.7 Å². The molecule has 4 nitrogen and oxygen atoms in total. The van der Waals surface area contributed by atoms with Gasteiger partial charge >= 0.3 is 0 Å². The number of rotatable bonds is 5. The highest BCUT2D eigenvalue weighted by Gasteiger charge is 2.28. The maximum Gasteiger partial charge on any atom is 0.223 e. The van der Waals surface area contributed by atoms with Gasteiger partial charge in [0.2, 0.25) is 5.91 Å². The summed E-state index contributed by atoms with van der Waals surface area (Å²) in [5.41, 5.74) is 6.65. The zero-order valence-electron chi connectivity index (χ0n) is 11.6. The zero-order valence-corrected chi connectivity index (χ0v) is 11.6. The SMILES string of the molecule is COC(CNC(=O)C1CCC(N)C1)c1ccc(F)cc1. The van der Waals surface area contributed by atoms with Gasteiger partial charge in [0, 0.05) is 25.6 Å². The molecule has 3 unspecified atom stereocenters. The molecule has 1 saturated carbocycles. The highest BCUT2D eigenvalue weighted by molar-refractivity contribution is 5.79. The molecular weight excluding hydrogens is 259 g/mol. The quantitative estimate of drug-likeness (QED) is 0.863. The third-order valence-corrected chi connectivity index (χ3v) is 3.83. The van der Waals surface area contributed by atoms with Crippen LogP contribution in [0.1, 0.15) is 30.9 Å². The van der Waals surface area contributed by atoms with Crippen molar-refractivity contribution in [1.29, 1.82) is 0 Å². The molecule has 1 aliphatic rings. The van der Waals surface area contributed by atoms with Gasteiger partial charge in [-0.1, -0.05) is 12.1 Å². The van der Waals surface area contributed by atoms with E-state index in [0.717, 1.165) is 24.8 Å². The Balaban J connectivity index is 1.87. The summed E-state index contributed by atoms with van der Waals surface area (Å²) >= 11 is 0. The van der Waals surface area contributed by atoms with Crippen molar-refractivity contribution in [1.82, 2.24) is 5.32 Å². The Morgan fingerprint density at radius 2 is 2.15 bits per heavy atom. The van der Waals surface area contributed by atoms with E-state index in [1.807, 2.05) is 0 Å². The molecule has 0 bridgehead atoms. The first-order valence-electron chi connectivity index (χ1n) is 6.91. The average molecular weight is 280 g/mol. The minimum absolute atomic E-state index is 0.00993. The second-order valence-electron chi connectivity index (χ2n) is 5.29. The van der Waals surface area contributed by atoms with E-state index in [2.05, 4.69) is 5.32 Å². The minimum atomic E-state index is -0.285. The first-order chi connectivity index (χ1) is 9.60. The van der Waals surface area contributed by atoms with Crippen LogP contribution in [0.4, 0.5) is 4.39 Å².